The fraction of sp³-hybridized carbons (Fsp3) is 0.923. The van der Waals surface area contributed by atoms with Gasteiger partial charge in [-0.1, -0.05) is 13.3 Å². The summed E-state index contributed by atoms with van der Waals surface area (Å²) in [4.78, 5) is 0. The van der Waals surface area contributed by atoms with Crippen molar-refractivity contribution in [3.05, 3.63) is 0 Å². The van der Waals surface area contributed by atoms with Crippen molar-refractivity contribution in [2.24, 2.45) is 11.5 Å². The number of hydrogen-bond donors (Lipinski definition) is 3. The maximum Gasteiger partial charge on any atom is 0.469 e. The molecule has 0 rings (SSSR count). The third kappa shape index (κ3) is 18.2. The molecule has 0 aliphatic rings. The maximum absolute atomic E-state index is 6.52. The predicted octanol–water partition coefficient (Wildman–Crippen LogP) is 3.73. The molecule has 0 radical (unpaired) electrons. The van der Waals surface area contributed by atoms with E-state index in [1.807, 2.05) is 0 Å². The molecular formula is C13H39N3O3Si4. The lowest BCUT2D eigenvalue weighted by molar-refractivity contribution is 0.251. The first-order valence-corrected chi connectivity index (χ1v) is 20.3. The topological polar surface area (TPSA) is 104 Å². The average Bonchev–Trinajstić information content (AvgIpc) is 2.05. The third-order valence-electron chi connectivity index (χ3n) is 1.94. The van der Waals surface area contributed by atoms with Crippen LogP contribution in [-0.2, 0) is 12.3 Å². The molecule has 0 aliphatic carbocycles. The zero-order chi connectivity index (χ0) is 19.1. The molecule has 6 nitrogen and oxygen atoms in total. The van der Waals surface area contributed by atoms with Crippen LogP contribution in [0.1, 0.15) is 13.3 Å². The van der Waals surface area contributed by atoms with Crippen molar-refractivity contribution >= 4 is 39.7 Å². The second kappa shape index (κ2) is 9.49. The van der Waals surface area contributed by atoms with Gasteiger partial charge in [-0.25, -0.2) is 0 Å². The lowest BCUT2D eigenvalue weighted by atomic mass is 10.6. The number of rotatable bonds is 8. The fourth-order valence-corrected chi connectivity index (χ4v) is 16.6. The molecule has 0 aromatic rings. The minimum absolute atomic E-state index is 0.333. The highest BCUT2D eigenvalue weighted by atomic mass is 28.5. The van der Waals surface area contributed by atoms with Crippen molar-refractivity contribution in [1.82, 2.24) is 0 Å². The highest BCUT2D eigenvalue weighted by molar-refractivity contribution is 6.90. The second-order valence-electron chi connectivity index (χ2n) is 8.53. The zero-order valence-corrected chi connectivity index (χ0v) is 20.8. The Kier molecular flexibility index (Phi) is 10.4. The summed E-state index contributed by atoms with van der Waals surface area (Å²) >= 11 is 0. The molecule has 5 N–H and O–H groups in total. The molecular weight excluding hydrogens is 359 g/mol. The Morgan fingerprint density at radius 3 is 1.09 bits per heavy atom. The Morgan fingerprint density at radius 1 is 0.739 bits per heavy atom. The van der Waals surface area contributed by atoms with Crippen LogP contribution < -0.4 is 11.5 Å². The Hall–Kier alpha value is 0.0175. The number of nitrogens with one attached hydrogen (secondary N) is 1. The largest absolute Gasteiger partial charge is 0.469 e. The van der Waals surface area contributed by atoms with Crippen molar-refractivity contribution in [3.63, 3.8) is 0 Å². The molecule has 0 heterocycles. The number of hydrogen-bond acceptors (Lipinski definition) is 4. The van der Waals surface area contributed by atoms with Gasteiger partial charge in [-0.05, 0) is 58.9 Å². The standard InChI is InChI=1S/C12H34O3Si4.CH5N3/c1-11-12-19(13-16(2,3)4,14-17(5,6)7)15-18(8,9)10;2-1(3)4/h11-12H2,1-10H3;(H5,2,3,4). The molecule has 0 bridgehead atoms. The predicted molar refractivity (Wildman–Crippen MR) is 110 cm³/mol. The Morgan fingerprint density at radius 2 is 0.957 bits per heavy atom. The quantitative estimate of drug-likeness (QED) is 0.329. The fourth-order valence-electron chi connectivity index (χ4n) is 1.92. The van der Waals surface area contributed by atoms with Crippen LogP contribution in [-0.4, -0.2) is 39.7 Å². The molecule has 0 unspecified atom stereocenters. The van der Waals surface area contributed by atoms with E-state index in [0.717, 1.165) is 12.5 Å². The Labute approximate surface area is 147 Å². The van der Waals surface area contributed by atoms with Crippen molar-refractivity contribution in [1.29, 1.82) is 5.41 Å². The molecule has 0 atom stereocenters. The summed E-state index contributed by atoms with van der Waals surface area (Å²) in [5.74, 6) is -0.333. The number of nitrogens with two attached hydrogens (primary N) is 2. The van der Waals surface area contributed by atoms with Crippen LogP contribution in [0.3, 0.4) is 0 Å². The summed E-state index contributed by atoms with van der Waals surface area (Å²) in [6, 6.07) is 0.950. The lowest BCUT2D eigenvalue weighted by Crippen LogP contribution is -2.60. The SMILES string of the molecule is CCC[Si](O[Si](C)(C)C)(O[Si](C)(C)C)O[Si](C)(C)C.N=C(N)N. The van der Waals surface area contributed by atoms with Gasteiger partial charge >= 0.3 is 8.80 Å². The zero-order valence-electron chi connectivity index (χ0n) is 16.8. The van der Waals surface area contributed by atoms with E-state index >= 15 is 0 Å². The Bertz CT molecular complexity index is 318. The van der Waals surface area contributed by atoms with Gasteiger partial charge in [0.1, 0.15) is 0 Å². The normalized spacial score (nSPS) is 13.3. The van der Waals surface area contributed by atoms with E-state index in [9.17, 15) is 0 Å². The summed E-state index contributed by atoms with van der Waals surface area (Å²) in [5, 5.41) is 6.06. The molecule has 0 amide bonds. The molecule has 140 valence electrons. The first kappa shape index (κ1) is 25.3. The molecule has 0 saturated carbocycles. The van der Waals surface area contributed by atoms with Crippen molar-refractivity contribution in [3.8, 4) is 0 Å². The van der Waals surface area contributed by atoms with E-state index in [1.54, 1.807) is 0 Å². The van der Waals surface area contributed by atoms with E-state index in [0.29, 0.717) is 0 Å². The van der Waals surface area contributed by atoms with E-state index in [-0.39, 0.29) is 5.96 Å². The highest BCUT2D eigenvalue weighted by Gasteiger charge is 2.49. The van der Waals surface area contributed by atoms with E-state index in [4.69, 9.17) is 17.8 Å². The molecule has 0 aromatic heterocycles. The first-order valence-electron chi connectivity index (χ1n) is 8.11. The van der Waals surface area contributed by atoms with Crippen LogP contribution >= 0.6 is 0 Å². The van der Waals surface area contributed by atoms with E-state index < -0.39 is 33.8 Å². The van der Waals surface area contributed by atoms with Crippen LogP contribution in [0.15, 0.2) is 0 Å². The van der Waals surface area contributed by atoms with Gasteiger partial charge in [0.15, 0.2) is 30.9 Å². The van der Waals surface area contributed by atoms with Gasteiger partial charge < -0.3 is 23.8 Å². The van der Waals surface area contributed by atoms with Gasteiger partial charge in [0, 0.05) is 6.04 Å². The number of guanidine groups is 1. The molecule has 23 heavy (non-hydrogen) atoms. The monoisotopic (exact) mass is 397 g/mol. The van der Waals surface area contributed by atoms with Crippen molar-refractivity contribution in [2.75, 3.05) is 0 Å². The van der Waals surface area contributed by atoms with Crippen LogP contribution in [0, 0.1) is 5.41 Å². The first-order chi connectivity index (χ1) is 9.91. The maximum atomic E-state index is 6.52. The van der Waals surface area contributed by atoms with Gasteiger partial charge in [-0.2, -0.15) is 0 Å². The average molecular weight is 398 g/mol. The Balaban J connectivity index is 0. The van der Waals surface area contributed by atoms with Crippen LogP contribution in [0.25, 0.3) is 0 Å². The molecule has 0 aliphatic heterocycles. The van der Waals surface area contributed by atoms with Gasteiger partial charge in [-0.15, -0.1) is 0 Å². The van der Waals surface area contributed by atoms with E-state index in [1.165, 1.54) is 0 Å². The van der Waals surface area contributed by atoms with Crippen LogP contribution in [0.4, 0.5) is 0 Å². The van der Waals surface area contributed by atoms with Crippen LogP contribution in [0.2, 0.25) is 65.0 Å². The minimum Gasteiger partial charge on any atom is -0.417 e. The van der Waals surface area contributed by atoms with Gasteiger partial charge in [-0.3, -0.25) is 5.41 Å². The molecule has 0 aromatic carbocycles. The van der Waals surface area contributed by atoms with Crippen LogP contribution in [0.5, 0.6) is 0 Å². The van der Waals surface area contributed by atoms with Gasteiger partial charge in [0.05, 0.1) is 0 Å². The van der Waals surface area contributed by atoms with Gasteiger partial charge in [0.2, 0.25) is 0 Å². The second-order valence-corrected chi connectivity index (χ2v) is 25.5. The van der Waals surface area contributed by atoms with Gasteiger partial charge in [0.25, 0.3) is 0 Å². The summed E-state index contributed by atoms with van der Waals surface area (Å²) in [6.45, 7) is 22.2. The molecule has 0 spiro atoms. The molecule has 0 fully saturated rings. The minimum atomic E-state index is -2.52. The van der Waals surface area contributed by atoms with E-state index in [2.05, 4.69) is 77.3 Å². The lowest BCUT2D eigenvalue weighted by Gasteiger charge is -2.42. The van der Waals surface area contributed by atoms with Crippen molar-refractivity contribution < 1.29 is 12.3 Å². The smallest absolute Gasteiger partial charge is 0.417 e. The molecule has 10 heteroatoms. The highest BCUT2D eigenvalue weighted by Crippen LogP contribution is 2.29. The third-order valence-corrected chi connectivity index (χ3v) is 14.1. The van der Waals surface area contributed by atoms with Crippen molar-refractivity contribution in [2.45, 2.75) is 78.3 Å². The summed E-state index contributed by atoms with van der Waals surface area (Å²) in [5.41, 5.74) is 8.94. The summed E-state index contributed by atoms with van der Waals surface area (Å²) in [6.07, 6.45) is 1.06. The summed E-state index contributed by atoms with van der Waals surface area (Å²) in [7, 11) is -7.54. The molecule has 0 saturated heterocycles. The summed E-state index contributed by atoms with van der Waals surface area (Å²) < 4.78 is 19.6.